The van der Waals surface area contributed by atoms with Crippen molar-refractivity contribution in [2.75, 3.05) is 18.1 Å². The minimum absolute atomic E-state index is 0.193. The largest absolute Gasteiger partial charge is 0.466 e. The number of piperidine rings is 1. The van der Waals surface area contributed by atoms with E-state index in [0.29, 0.717) is 12.6 Å². The second kappa shape index (κ2) is 6.18. The predicted octanol–water partition coefficient (Wildman–Crippen LogP) is 2.63. The lowest BCUT2D eigenvalue weighted by atomic mass is 10.1. The smallest absolute Gasteiger partial charge is 0.311 e. The molecular weight excluding hydrogens is 248 g/mol. The maximum atomic E-state index is 11.4. The molecule has 0 spiro atoms. The highest BCUT2D eigenvalue weighted by Crippen LogP contribution is 2.27. The lowest BCUT2D eigenvalue weighted by Gasteiger charge is -2.33. The molecule has 4 nitrogen and oxygen atoms in total. The van der Waals surface area contributed by atoms with E-state index in [4.69, 9.17) is 4.74 Å². The summed E-state index contributed by atoms with van der Waals surface area (Å²) in [6, 6.07) is 0.556. The van der Waals surface area contributed by atoms with Crippen LogP contribution < -0.4 is 4.90 Å². The maximum Gasteiger partial charge on any atom is 0.311 e. The van der Waals surface area contributed by atoms with Gasteiger partial charge in [-0.15, -0.1) is 11.3 Å². The number of ether oxygens (including phenoxy) is 1. The molecule has 5 heteroatoms. The number of anilines is 1. The molecule has 0 N–H and O–H groups in total. The molecule has 18 heavy (non-hydrogen) atoms. The molecule has 0 amide bonds. The van der Waals surface area contributed by atoms with Crippen LogP contribution >= 0.6 is 11.3 Å². The summed E-state index contributed by atoms with van der Waals surface area (Å²) in [5.41, 5.74) is 0.825. The normalized spacial score (nSPS) is 19.9. The molecule has 2 rings (SSSR count). The number of hydrogen-bond donors (Lipinski definition) is 0. The molecule has 100 valence electrons. The zero-order valence-corrected chi connectivity index (χ0v) is 11.8. The number of nitrogens with zero attached hydrogens (tertiary/aromatic N) is 2. The minimum Gasteiger partial charge on any atom is -0.466 e. The fourth-order valence-corrected chi connectivity index (χ4v) is 3.21. The van der Waals surface area contributed by atoms with Gasteiger partial charge in [0.25, 0.3) is 0 Å². The van der Waals surface area contributed by atoms with Gasteiger partial charge in [0, 0.05) is 18.0 Å². The van der Waals surface area contributed by atoms with E-state index < -0.39 is 0 Å². The summed E-state index contributed by atoms with van der Waals surface area (Å²) < 4.78 is 4.93. The standard InChI is InChI=1S/C13H20N2O2S/c1-3-17-12(16)8-11-9-18-13(14-11)15-7-5-4-6-10(15)2/h9-10H,3-8H2,1-2H3. The van der Waals surface area contributed by atoms with Crippen molar-refractivity contribution >= 4 is 22.4 Å². The van der Waals surface area contributed by atoms with Crippen LogP contribution in [0.5, 0.6) is 0 Å². The van der Waals surface area contributed by atoms with Gasteiger partial charge in [0.05, 0.1) is 18.7 Å². The van der Waals surface area contributed by atoms with Crippen molar-refractivity contribution in [1.29, 1.82) is 0 Å². The Labute approximate surface area is 112 Å². The van der Waals surface area contributed by atoms with E-state index >= 15 is 0 Å². The number of rotatable bonds is 4. The Morgan fingerprint density at radius 1 is 1.61 bits per heavy atom. The summed E-state index contributed by atoms with van der Waals surface area (Å²) in [5, 5.41) is 3.01. The van der Waals surface area contributed by atoms with Gasteiger partial charge in [-0.05, 0) is 33.1 Å². The first kappa shape index (κ1) is 13.3. The van der Waals surface area contributed by atoms with Crippen LogP contribution in [0.2, 0.25) is 0 Å². The van der Waals surface area contributed by atoms with Crippen LogP contribution in [0.15, 0.2) is 5.38 Å². The van der Waals surface area contributed by atoms with Crippen molar-refractivity contribution < 1.29 is 9.53 Å². The summed E-state index contributed by atoms with van der Waals surface area (Å²) in [6.07, 6.45) is 4.05. The van der Waals surface area contributed by atoms with Crippen molar-refractivity contribution in [2.24, 2.45) is 0 Å². The van der Waals surface area contributed by atoms with Gasteiger partial charge in [0.1, 0.15) is 0 Å². The fraction of sp³-hybridized carbons (Fsp3) is 0.692. The van der Waals surface area contributed by atoms with Crippen LogP contribution in [0, 0.1) is 0 Å². The van der Waals surface area contributed by atoms with Gasteiger partial charge in [0.15, 0.2) is 5.13 Å². The third-order valence-corrected chi connectivity index (χ3v) is 4.15. The van der Waals surface area contributed by atoms with E-state index in [1.54, 1.807) is 11.3 Å². The molecule has 1 aromatic rings. The van der Waals surface area contributed by atoms with E-state index in [1.165, 1.54) is 19.3 Å². The number of thiazole rings is 1. The predicted molar refractivity (Wildman–Crippen MR) is 73.1 cm³/mol. The average Bonchev–Trinajstić information content (AvgIpc) is 2.78. The molecule has 1 aromatic heterocycles. The summed E-state index contributed by atoms with van der Waals surface area (Å²) >= 11 is 1.63. The summed E-state index contributed by atoms with van der Waals surface area (Å²) in [7, 11) is 0. The Hall–Kier alpha value is -1.10. The Balaban J connectivity index is 1.98. The lowest BCUT2D eigenvalue weighted by molar-refractivity contribution is -0.142. The lowest BCUT2D eigenvalue weighted by Crippen LogP contribution is -2.37. The van der Waals surface area contributed by atoms with Crippen LogP contribution in [-0.2, 0) is 16.0 Å². The molecule has 1 aliphatic rings. The van der Waals surface area contributed by atoms with Gasteiger partial charge in [-0.25, -0.2) is 4.98 Å². The van der Waals surface area contributed by atoms with Gasteiger partial charge in [0.2, 0.25) is 0 Å². The summed E-state index contributed by atoms with van der Waals surface area (Å²) in [4.78, 5) is 18.3. The number of aromatic nitrogens is 1. The van der Waals surface area contributed by atoms with Gasteiger partial charge >= 0.3 is 5.97 Å². The van der Waals surface area contributed by atoms with E-state index in [9.17, 15) is 4.79 Å². The molecule has 1 fully saturated rings. The highest BCUT2D eigenvalue weighted by atomic mass is 32.1. The van der Waals surface area contributed by atoms with Gasteiger partial charge < -0.3 is 9.64 Å². The number of esters is 1. The van der Waals surface area contributed by atoms with Crippen LogP contribution in [0.3, 0.4) is 0 Å². The second-order valence-corrected chi connectivity index (χ2v) is 5.48. The minimum atomic E-state index is -0.193. The number of hydrogen-bond acceptors (Lipinski definition) is 5. The molecule has 1 saturated heterocycles. The van der Waals surface area contributed by atoms with Crippen molar-refractivity contribution in [3.8, 4) is 0 Å². The second-order valence-electron chi connectivity index (χ2n) is 4.64. The van der Waals surface area contributed by atoms with Crippen LogP contribution in [0.25, 0.3) is 0 Å². The first-order chi connectivity index (χ1) is 8.70. The van der Waals surface area contributed by atoms with Gasteiger partial charge in [-0.2, -0.15) is 0 Å². The average molecular weight is 268 g/mol. The van der Waals surface area contributed by atoms with E-state index in [1.807, 2.05) is 12.3 Å². The van der Waals surface area contributed by atoms with E-state index in [2.05, 4.69) is 16.8 Å². The molecule has 0 bridgehead atoms. The fourth-order valence-electron chi connectivity index (χ4n) is 2.25. The molecule has 0 radical (unpaired) electrons. The van der Waals surface area contributed by atoms with Gasteiger partial charge in [-0.3, -0.25) is 4.79 Å². The van der Waals surface area contributed by atoms with E-state index in [-0.39, 0.29) is 12.4 Å². The maximum absolute atomic E-state index is 11.4. The monoisotopic (exact) mass is 268 g/mol. The highest BCUT2D eigenvalue weighted by Gasteiger charge is 2.21. The first-order valence-electron chi connectivity index (χ1n) is 6.57. The number of carbonyl (C=O) groups is 1. The van der Waals surface area contributed by atoms with Crippen molar-refractivity contribution in [2.45, 2.75) is 45.6 Å². The molecule has 0 aromatic carbocycles. The van der Waals surface area contributed by atoms with Crippen LogP contribution in [-0.4, -0.2) is 30.1 Å². The highest BCUT2D eigenvalue weighted by molar-refractivity contribution is 7.13. The molecule has 0 saturated carbocycles. The van der Waals surface area contributed by atoms with Crippen LogP contribution in [0.4, 0.5) is 5.13 Å². The molecule has 1 aliphatic heterocycles. The molecule has 2 heterocycles. The van der Waals surface area contributed by atoms with E-state index in [0.717, 1.165) is 17.4 Å². The van der Waals surface area contributed by atoms with Crippen molar-refractivity contribution in [3.63, 3.8) is 0 Å². The Morgan fingerprint density at radius 3 is 3.17 bits per heavy atom. The zero-order chi connectivity index (χ0) is 13.0. The third-order valence-electron chi connectivity index (χ3n) is 3.22. The molecule has 1 unspecified atom stereocenters. The van der Waals surface area contributed by atoms with Crippen molar-refractivity contribution in [1.82, 2.24) is 4.98 Å². The van der Waals surface area contributed by atoms with Crippen molar-refractivity contribution in [3.05, 3.63) is 11.1 Å². The number of carbonyl (C=O) groups excluding carboxylic acids is 1. The molecule has 1 atom stereocenters. The zero-order valence-electron chi connectivity index (χ0n) is 11.0. The topological polar surface area (TPSA) is 42.4 Å². The Bertz CT molecular complexity index is 405. The first-order valence-corrected chi connectivity index (χ1v) is 7.45. The Kier molecular flexibility index (Phi) is 4.58. The SMILES string of the molecule is CCOC(=O)Cc1csc(N2CCCCC2C)n1. The molecule has 0 aliphatic carbocycles. The quantitative estimate of drug-likeness (QED) is 0.787. The summed E-state index contributed by atoms with van der Waals surface area (Å²) in [6.45, 7) is 5.57. The Morgan fingerprint density at radius 2 is 2.44 bits per heavy atom. The molecular formula is C13H20N2O2S. The summed E-state index contributed by atoms with van der Waals surface area (Å²) in [5.74, 6) is -0.193. The van der Waals surface area contributed by atoms with Crippen LogP contribution in [0.1, 0.15) is 38.8 Å². The third kappa shape index (κ3) is 3.22. The van der Waals surface area contributed by atoms with Gasteiger partial charge in [-0.1, -0.05) is 0 Å².